The van der Waals surface area contributed by atoms with Crippen molar-refractivity contribution in [3.05, 3.63) is 29.8 Å². The van der Waals surface area contributed by atoms with Crippen molar-refractivity contribution in [2.75, 3.05) is 18.5 Å². The molecule has 0 aliphatic rings. The van der Waals surface area contributed by atoms with Gasteiger partial charge in [0.2, 0.25) is 0 Å². The third-order valence-corrected chi connectivity index (χ3v) is 2.86. The maximum absolute atomic E-state index is 5.35. The molecule has 0 saturated heterocycles. The Morgan fingerprint density at radius 3 is 2.56 bits per heavy atom. The number of rotatable bonds is 3. The standard InChI is InChI=1S/C13H20N2S/c1-10(2)9-14-13(16)15(4)12-8-6-5-7-11(12)3/h5-8,10H,9H2,1-4H3,(H,14,16). The van der Waals surface area contributed by atoms with Crippen molar-refractivity contribution in [2.45, 2.75) is 20.8 Å². The van der Waals surface area contributed by atoms with Gasteiger partial charge in [0.1, 0.15) is 0 Å². The maximum Gasteiger partial charge on any atom is 0.173 e. The fraction of sp³-hybridized carbons (Fsp3) is 0.462. The molecule has 1 rings (SSSR count). The predicted molar refractivity (Wildman–Crippen MR) is 75.0 cm³/mol. The zero-order chi connectivity index (χ0) is 12.1. The van der Waals surface area contributed by atoms with Crippen molar-refractivity contribution in [3.8, 4) is 0 Å². The van der Waals surface area contributed by atoms with E-state index in [9.17, 15) is 0 Å². The summed E-state index contributed by atoms with van der Waals surface area (Å²) in [7, 11) is 2.00. The number of benzene rings is 1. The summed E-state index contributed by atoms with van der Waals surface area (Å²) in [5.74, 6) is 0.600. The molecule has 0 saturated carbocycles. The van der Waals surface area contributed by atoms with Gasteiger partial charge in [0.25, 0.3) is 0 Å². The summed E-state index contributed by atoms with van der Waals surface area (Å²) in [6.45, 7) is 7.35. The number of aryl methyl sites for hydroxylation is 1. The summed E-state index contributed by atoms with van der Waals surface area (Å²) < 4.78 is 0. The molecule has 0 aliphatic heterocycles. The lowest BCUT2D eigenvalue weighted by molar-refractivity contribution is 0.625. The van der Waals surface area contributed by atoms with Crippen LogP contribution in [0.4, 0.5) is 5.69 Å². The van der Waals surface area contributed by atoms with E-state index in [-0.39, 0.29) is 0 Å². The van der Waals surface area contributed by atoms with Crippen LogP contribution in [-0.2, 0) is 0 Å². The third kappa shape index (κ3) is 3.49. The van der Waals surface area contributed by atoms with Gasteiger partial charge in [0.15, 0.2) is 5.11 Å². The SMILES string of the molecule is Cc1ccccc1N(C)C(=S)NCC(C)C. The van der Waals surface area contributed by atoms with Gasteiger partial charge in [-0.05, 0) is 36.7 Å². The molecule has 0 radical (unpaired) electrons. The van der Waals surface area contributed by atoms with Crippen LogP contribution < -0.4 is 10.2 Å². The van der Waals surface area contributed by atoms with Crippen molar-refractivity contribution in [2.24, 2.45) is 5.92 Å². The second kappa shape index (κ2) is 5.85. The van der Waals surface area contributed by atoms with Crippen molar-refractivity contribution in [1.29, 1.82) is 0 Å². The van der Waals surface area contributed by atoms with Gasteiger partial charge in [-0.25, -0.2) is 0 Å². The van der Waals surface area contributed by atoms with Crippen LogP contribution in [-0.4, -0.2) is 18.7 Å². The minimum atomic E-state index is 0.600. The number of thiocarbonyl (C=S) groups is 1. The first-order valence-electron chi connectivity index (χ1n) is 5.59. The molecular weight excluding hydrogens is 216 g/mol. The Labute approximate surface area is 104 Å². The first-order chi connectivity index (χ1) is 7.52. The van der Waals surface area contributed by atoms with Gasteiger partial charge < -0.3 is 10.2 Å². The number of hydrogen-bond donors (Lipinski definition) is 1. The molecule has 0 aliphatic carbocycles. The number of hydrogen-bond acceptors (Lipinski definition) is 1. The van der Waals surface area contributed by atoms with E-state index in [1.165, 1.54) is 5.56 Å². The fourth-order valence-corrected chi connectivity index (χ4v) is 1.64. The Morgan fingerprint density at radius 2 is 2.00 bits per heavy atom. The molecule has 16 heavy (non-hydrogen) atoms. The molecule has 88 valence electrons. The quantitative estimate of drug-likeness (QED) is 0.812. The summed E-state index contributed by atoms with van der Waals surface area (Å²) in [6, 6.07) is 8.25. The normalized spacial score (nSPS) is 10.3. The molecule has 0 heterocycles. The maximum atomic E-state index is 5.35. The molecule has 0 amide bonds. The molecule has 1 aromatic carbocycles. The summed E-state index contributed by atoms with van der Waals surface area (Å²) in [5, 5.41) is 4.05. The highest BCUT2D eigenvalue weighted by atomic mass is 32.1. The highest BCUT2D eigenvalue weighted by Crippen LogP contribution is 2.17. The Balaban J connectivity index is 2.67. The highest BCUT2D eigenvalue weighted by molar-refractivity contribution is 7.80. The summed E-state index contributed by atoms with van der Waals surface area (Å²) in [4.78, 5) is 2.02. The van der Waals surface area contributed by atoms with Crippen LogP contribution in [0.25, 0.3) is 0 Å². The first-order valence-corrected chi connectivity index (χ1v) is 6.00. The second-order valence-corrected chi connectivity index (χ2v) is 4.81. The highest BCUT2D eigenvalue weighted by Gasteiger charge is 2.08. The molecule has 3 heteroatoms. The van der Waals surface area contributed by atoms with Crippen LogP contribution in [0.3, 0.4) is 0 Å². The smallest absolute Gasteiger partial charge is 0.173 e. The average Bonchev–Trinajstić information content (AvgIpc) is 2.25. The lowest BCUT2D eigenvalue weighted by atomic mass is 10.2. The van der Waals surface area contributed by atoms with E-state index in [0.29, 0.717) is 5.92 Å². The van der Waals surface area contributed by atoms with Crippen LogP contribution in [0, 0.1) is 12.8 Å². The molecule has 1 aromatic rings. The molecular formula is C13H20N2S. The van der Waals surface area contributed by atoms with Gasteiger partial charge in [-0.2, -0.15) is 0 Å². The van der Waals surface area contributed by atoms with Crippen LogP contribution in [0.2, 0.25) is 0 Å². The Morgan fingerprint density at radius 1 is 1.38 bits per heavy atom. The van der Waals surface area contributed by atoms with E-state index in [1.54, 1.807) is 0 Å². The Bertz CT molecular complexity index is 361. The second-order valence-electron chi connectivity index (χ2n) is 4.43. The summed E-state index contributed by atoms with van der Waals surface area (Å²) in [5.41, 5.74) is 2.39. The van der Waals surface area contributed by atoms with Crippen molar-refractivity contribution in [3.63, 3.8) is 0 Å². The van der Waals surface area contributed by atoms with Crippen LogP contribution in [0.5, 0.6) is 0 Å². The van der Waals surface area contributed by atoms with E-state index >= 15 is 0 Å². The molecule has 0 fully saturated rings. The minimum absolute atomic E-state index is 0.600. The molecule has 0 bridgehead atoms. The lowest BCUT2D eigenvalue weighted by Crippen LogP contribution is -2.39. The van der Waals surface area contributed by atoms with Crippen molar-refractivity contribution < 1.29 is 0 Å². The van der Waals surface area contributed by atoms with E-state index in [1.807, 2.05) is 24.1 Å². The predicted octanol–water partition coefficient (Wildman–Crippen LogP) is 2.96. The monoisotopic (exact) mass is 236 g/mol. The van der Waals surface area contributed by atoms with Crippen LogP contribution in [0.1, 0.15) is 19.4 Å². The molecule has 0 spiro atoms. The van der Waals surface area contributed by atoms with Gasteiger partial charge in [0, 0.05) is 19.3 Å². The van der Waals surface area contributed by atoms with E-state index in [0.717, 1.165) is 17.3 Å². The number of nitrogens with zero attached hydrogens (tertiary/aromatic N) is 1. The average molecular weight is 236 g/mol. The lowest BCUT2D eigenvalue weighted by Gasteiger charge is -2.23. The van der Waals surface area contributed by atoms with E-state index < -0.39 is 0 Å². The molecule has 0 atom stereocenters. The largest absolute Gasteiger partial charge is 0.362 e. The summed E-state index contributed by atoms with van der Waals surface area (Å²) in [6.07, 6.45) is 0. The van der Waals surface area contributed by atoms with Crippen molar-refractivity contribution >= 4 is 23.0 Å². The topological polar surface area (TPSA) is 15.3 Å². The molecule has 0 aromatic heterocycles. The van der Waals surface area contributed by atoms with Gasteiger partial charge in [-0.1, -0.05) is 32.0 Å². The molecule has 2 nitrogen and oxygen atoms in total. The first kappa shape index (κ1) is 13.0. The molecule has 1 N–H and O–H groups in total. The zero-order valence-electron chi connectivity index (χ0n) is 10.4. The fourth-order valence-electron chi connectivity index (χ4n) is 1.46. The van der Waals surface area contributed by atoms with Crippen LogP contribution in [0.15, 0.2) is 24.3 Å². The number of para-hydroxylation sites is 1. The number of nitrogens with one attached hydrogen (secondary N) is 1. The van der Waals surface area contributed by atoms with E-state index in [2.05, 4.69) is 38.2 Å². The van der Waals surface area contributed by atoms with Gasteiger partial charge in [-0.3, -0.25) is 0 Å². The third-order valence-electron chi connectivity index (χ3n) is 2.44. The molecule has 0 unspecified atom stereocenters. The van der Waals surface area contributed by atoms with Gasteiger partial charge in [0.05, 0.1) is 0 Å². The minimum Gasteiger partial charge on any atom is -0.362 e. The zero-order valence-corrected chi connectivity index (χ0v) is 11.3. The Kier molecular flexibility index (Phi) is 4.74. The van der Waals surface area contributed by atoms with Crippen LogP contribution >= 0.6 is 12.2 Å². The Hall–Kier alpha value is -1.09. The number of anilines is 1. The van der Waals surface area contributed by atoms with Gasteiger partial charge >= 0.3 is 0 Å². The van der Waals surface area contributed by atoms with Crippen molar-refractivity contribution in [1.82, 2.24) is 5.32 Å². The summed E-state index contributed by atoms with van der Waals surface area (Å²) >= 11 is 5.35. The van der Waals surface area contributed by atoms with E-state index in [4.69, 9.17) is 12.2 Å². The van der Waals surface area contributed by atoms with Gasteiger partial charge in [-0.15, -0.1) is 0 Å².